The Morgan fingerprint density at radius 1 is 0.727 bits per heavy atom. The molecule has 19 nitrogen and oxygen atoms in total. The summed E-state index contributed by atoms with van der Waals surface area (Å²) in [5.74, 6) is -4.68. The zero-order valence-electron chi connectivity index (χ0n) is 43.5. The first kappa shape index (κ1) is 62.0. The molecule has 1 aliphatic rings. The molecule has 2 amide bonds. The number of carboxylic acids is 1. The summed E-state index contributed by atoms with van der Waals surface area (Å²) in [6.07, 6.45) is 1.34. The van der Waals surface area contributed by atoms with E-state index in [4.69, 9.17) is 39.9 Å². The van der Waals surface area contributed by atoms with Gasteiger partial charge in [0.1, 0.15) is 23.2 Å². The number of benzene rings is 3. The van der Waals surface area contributed by atoms with Crippen LogP contribution in [0.4, 0.5) is 8.78 Å². The minimum absolute atomic E-state index is 0.00885. The molecule has 4 aromatic rings. The average Bonchev–Trinajstić information content (AvgIpc) is 3.69. The van der Waals surface area contributed by atoms with Gasteiger partial charge in [-0.1, -0.05) is 60.7 Å². The van der Waals surface area contributed by atoms with E-state index in [2.05, 4.69) is 0 Å². The molecule has 420 valence electrons. The number of imide groups is 1. The summed E-state index contributed by atoms with van der Waals surface area (Å²) in [4.78, 5) is 90.5. The Balaban J connectivity index is 0.878. The van der Waals surface area contributed by atoms with Crippen LogP contribution in [0.25, 0.3) is 11.1 Å². The number of thioether (sulfide) groups is 1. The molecule has 1 saturated heterocycles. The van der Waals surface area contributed by atoms with Crippen molar-refractivity contribution in [2.75, 3.05) is 98.1 Å². The van der Waals surface area contributed by atoms with Crippen molar-refractivity contribution in [3.05, 3.63) is 128 Å². The van der Waals surface area contributed by atoms with Crippen molar-refractivity contribution in [3.8, 4) is 11.1 Å². The normalized spacial score (nSPS) is 14.4. The van der Waals surface area contributed by atoms with Crippen LogP contribution in [-0.2, 0) is 71.9 Å². The molecule has 2 heterocycles. The summed E-state index contributed by atoms with van der Waals surface area (Å²) in [5, 5.41) is 8.90. The Morgan fingerprint density at radius 2 is 1.31 bits per heavy atom. The molecule has 3 aromatic carbocycles. The monoisotopic (exact) mass is 1100 g/mol. The maximum Gasteiger partial charge on any atom is 0.331 e. The summed E-state index contributed by atoms with van der Waals surface area (Å²) < 4.78 is 65.0. The van der Waals surface area contributed by atoms with Gasteiger partial charge in [0.2, 0.25) is 11.8 Å². The number of hydrogen-bond donors (Lipinski definition) is 3. The van der Waals surface area contributed by atoms with Gasteiger partial charge in [-0.05, 0) is 48.6 Å². The van der Waals surface area contributed by atoms with Gasteiger partial charge in [-0.2, -0.15) is 0 Å². The van der Waals surface area contributed by atoms with Crippen molar-refractivity contribution in [2.45, 2.75) is 76.3 Å². The van der Waals surface area contributed by atoms with Crippen molar-refractivity contribution in [3.63, 3.8) is 0 Å². The lowest BCUT2D eigenvalue weighted by molar-refractivity contribution is -0.143. The van der Waals surface area contributed by atoms with Gasteiger partial charge in [0.05, 0.1) is 102 Å². The molecule has 0 spiro atoms. The second kappa shape index (κ2) is 33.5. The minimum atomic E-state index is -1.14. The van der Waals surface area contributed by atoms with Crippen molar-refractivity contribution < 1.29 is 66.3 Å². The number of nitrogens with zero attached hydrogens (tertiary/aromatic N) is 3. The Kier molecular flexibility index (Phi) is 27.0. The van der Waals surface area contributed by atoms with E-state index in [1.54, 1.807) is 49.4 Å². The number of halogens is 2. The van der Waals surface area contributed by atoms with E-state index >= 15 is 0 Å². The topological polar surface area (TPSA) is 260 Å². The van der Waals surface area contributed by atoms with Gasteiger partial charge in [0.15, 0.2) is 0 Å². The first-order chi connectivity index (χ1) is 37.2. The number of likely N-dealkylation sites (tertiary alicyclic amines) is 1. The fourth-order valence-electron chi connectivity index (χ4n) is 8.35. The number of hydrogen-bond acceptors (Lipinski definition) is 16. The third kappa shape index (κ3) is 20.2. The summed E-state index contributed by atoms with van der Waals surface area (Å²) in [6.45, 7) is 5.11. The predicted molar refractivity (Wildman–Crippen MR) is 283 cm³/mol. The number of Topliss-reactive ketones (excluding diaryl/α,β-unsaturated/α-hetero) is 2. The van der Waals surface area contributed by atoms with Crippen LogP contribution >= 0.6 is 11.8 Å². The molecule has 1 aliphatic heterocycles. The average molecular weight is 1100 g/mol. The number of aliphatic carboxylic acids is 1. The molecular formula is C55H71F2N5O14S. The molecule has 2 unspecified atom stereocenters. The zero-order valence-corrected chi connectivity index (χ0v) is 44.4. The van der Waals surface area contributed by atoms with Crippen LogP contribution in [-0.4, -0.2) is 152 Å². The van der Waals surface area contributed by atoms with E-state index in [9.17, 15) is 47.4 Å². The molecule has 5 rings (SSSR count). The SMILES string of the molecule is Cc1c(-c2cccc(CCC(=O)CCCOCCOCCOCCOCCOCCOCCC(=O)CC(CSC3CC(=O)N(CCN)C3=O)C(=O)O)c2)c(=O)n(C[C@H](N)c2ccccc2)c(=O)n1Cc1c(F)cccc1F. The maximum atomic E-state index is 14.9. The summed E-state index contributed by atoms with van der Waals surface area (Å²) in [5.41, 5.74) is 12.7. The maximum absolute atomic E-state index is 14.9. The quantitative estimate of drug-likeness (QED) is 0.0416. The Morgan fingerprint density at radius 3 is 1.91 bits per heavy atom. The summed E-state index contributed by atoms with van der Waals surface area (Å²) in [6, 6.07) is 18.8. The molecular weight excluding hydrogens is 1020 g/mol. The predicted octanol–water partition coefficient (Wildman–Crippen LogP) is 4.26. The molecule has 1 aromatic heterocycles. The highest BCUT2D eigenvalue weighted by Gasteiger charge is 2.39. The molecule has 77 heavy (non-hydrogen) atoms. The van der Waals surface area contributed by atoms with Gasteiger partial charge in [-0.25, -0.2) is 13.6 Å². The lowest BCUT2D eigenvalue weighted by Crippen LogP contribution is -2.44. The second-order valence-electron chi connectivity index (χ2n) is 18.2. The highest BCUT2D eigenvalue weighted by atomic mass is 32.2. The van der Waals surface area contributed by atoms with Crippen LogP contribution < -0.4 is 22.7 Å². The summed E-state index contributed by atoms with van der Waals surface area (Å²) in [7, 11) is 0. The van der Waals surface area contributed by atoms with Gasteiger partial charge in [-0.15, -0.1) is 11.8 Å². The second-order valence-corrected chi connectivity index (χ2v) is 19.4. The number of aromatic nitrogens is 2. The van der Waals surface area contributed by atoms with Crippen LogP contribution in [0.1, 0.15) is 67.0 Å². The number of amides is 2. The van der Waals surface area contributed by atoms with Gasteiger partial charge >= 0.3 is 11.7 Å². The first-order valence-electron chi connectivity index (χ1n) is 25.8. The van der Waals surface area contributed by atoms with Crippen molar-refractivity contribution in [1.82, 2.24) is 14.0 Å². The third-order valence-electron chi connectivity index (χ3n) is 12.6. The first-order valence-corrected chi connectivity index (χ1v) is 26.8. The number of aryl methyl sites for hydroxylation is 1. The Hall–Kier alpha value is -5.82. The summed E-state index contributed by atoms with van der Waals surface area (Å²) >= 11 is 1.07. The highest BCUT2D eigenvalue weighted by Crippen LogP contribution is 2.28. The largest absolute Gasteiger partial charge is 0.481 e. The number of nitrogens with two attached hydrogens (primary N) is 2. The zero-order chi connectivity index (χ0) is 55.5. The van der Waals surface area contributed by atoms with Gasteiger partial charge in [0, 0.05) is 74.9 Å². The van der Waals surface area contributed by atoms with Crippen LogP contribution in [0, 0.1) is 24.5 Å². The van der Waals surface area contributed by atoms with E-state index in [0.29, 0.717) is 89.9 Å². The highest BCUT2D eigenvalue weighted by molar-refractivity contribution is 8.00. The fraction of sp³-hybridized carbons (Fsp3) is 0.509. The van der Waals surface area contributed by atoms with Crippen molar-refractivity contribution in [2.24, 2.45) is 17.4 Å². The van der Waals surface area contributed by atoms with E-state index < -0.39 is 52.6 Å². The van der Waals surface area contributed by atoms with Crippen molar-refractivity contribution in [1.29, 1.82) is 0 Å². The molecule has 5 N–H and O–H groups in total. The molecule has 3 atom stereocenters. The molecule has 1 fully saturated rings. The van der Waals surface area contributed by atoms with Crippen LogP contribution in [0.2, 0.25) is 0 Å². The Bertz CT molecular complexity index is 2650. The van der Waals surface area contributed by atoms with E-state index in [0.717, 1.165) is 38.9 Å². The molecule has 0 saturated carbocycles. The number of rotatable bonds is 39. The van der Waals surface area contributed by atoms with Gasteiger partial charge in [0.25, 0.3) is 5.56 Å². The minimum Gasteiger partial charge on any atom is -0.481 e. The number of ether oxygens (including phenoxy) is 6. The lowest BCUT2D eigenvalue weighted by atomic mass is 9.99. The van der Waals surface area contributed by atoms with Gasteiger partial charge < -0.3 is 45.0 Å². The lowest BCUT2D eigenvalue weighted by Gasteiger charge is -2.20. The standard InChI is InChI=1S/C55H71F2N5O14S/c1-38-51(53(67)62(36-48(59)40-9-3-2-4-10-40)55(70)61(38)35-45-46(56)13-6-14-47(45)57)41-11-5-8-39(32-41)15-16-43(63)12-7-20-71-22-24-73-26-28-75-30-31-76-29-27-74-25-23-72-21-17-44(64)33-42(54(68)69)37-77-49-34-50(65)60(19-18-58)52(49)66/h2-6,8-11,13-14,32,42,48-49H,7,12,15-31,33-37,58-59H2,1H3,(H,68,69)/t42?,48-,49?/m0/s1. The third-order valence-corrected chi connectivity index (χ3v) is 14.0. The number of ketones is 2. The number of carbonyl (C=O) groups excluding carboxylic acids is 4. The molecule has 0 radical (unpaired) electrons. The van der Waals surface area contributed by atoms with Crippen LogP contribution in [0.5, 0.6) is 0 Å². The molecule has 0 bridgehead atoms. The number of carboxylic acid groups (broad SMARTS) is 1. The molecule has 0 aliphatic carbocycles. The Labute approximate surface area is 450 Å². The van der Waals surface area contributed by atoms with Crippen LogP contribution in [0.3, 0.4) is 0 Å². The van der Waals surface area contributed by atoms with Crippen molar-refractivity contribution >= 4 is 41.1 Å². The van der Waals surface area contributed by atoms with E-state index in [-0.39, 0.29) is 111 Å². The molecule has 22 heteroatoms. The smallest absolute Gasteiger partial charge is 0.331 e. The van der Waals surface area contributed by atoms with Crippen LogP contribution in [0.15, 0.2) is 82.4 Å². The van der Waals surface area contributed by atoms with E-state index in [1.807, 2.05) is 12.1 Å². The van der Waals surface area contributed by atoms with E-state index in [1.165, 1.54) is 10.6 Å². The fourth-order valence-corrected chi connectivity index (χ4v) is 9.60. The number of carbonyl (C=O) groups is 5. The van der Waals surface area contributed by atoms with Gasteiger partial charge in [-0.3, -0.25) is 42.8 Å².